The third-order valence-corrected chi connectivity index (χ3v) is 6.40. The zero-order valence-corrected chi connectivity index (χ0v) is 18.9. The van der Waals surface area contributed by atoms with Gasteiger partial charge < -0.3 is 9.64 Å². The number of rotatable bonds is 8. The number of benzene rings is 1. The molecule has 1 fully saturated rings. The number of unbranched alkanes of at least 4 members (excludes halogenated alkanes) is 2. The molecule has 4 rings (SSSR count). The number of piperazine rings is 1. The number of halogens is 1. The second-order valence-electron chi connectivity index (χ2n) is 7.79. The fraction of sp³-hybridized carbons (Fsp3) is 0.478. The predicted molar refractivity (Wildman–Crippen MR) is 123 cm³/mol. The van der Waals surface area contributed by atoms with Crippen molar-refractivity contribution in [2.24, 2.45) is 0 Å². The first-order valence-corrected chi connectivity index (χ1v) is 11.4. The monoisotopic (exact) mass is 458 g/mol. The molecule has 0 atom stereocenters. The van der Waals surface area contributed by atoms with Gasteiger partial charge in [0.25, 0.3) is 0 Å². The number of fused-ring (bicyclic) bond motifs is 1. The molecule has 0 unspecified atom stereocenters. The molecule has 0 aromatic heterocycles. The first-order chi connectivity index (χ1) is 14.2. The van der Waals surface area contributed by atoms with E-state index < -0.39 is 0 Å². The summed E-state index contributed by atoms with van der Waals surface area (Å²) in [6.45, 7) is 7.76. The maximum absolute atomic E-state index is 5.52. The highest BCUT2D eigenvalue weighted by atomic mass is 79.9. The Labute approximate surface area is 183 Å². The summed E-state index contributed by atoms with van der Waals surface area (Å²) in [7, 11) is 1.76. The minimum atomic E-state index is 0.978. The van der Waals surface area contributed by atoms with Gasteiger partial charge >= 0.3 is 0 Å². The van der Waals surface area contributed by atoms with Crippen LogP contribution in [0.15, 0.2) is 58.9 Å². The fourth-order valence-electron chi connectivity index (χ4n) is 4.28. The van der Waals surface area contributed by atoms with Crippen molar-refractivity contribution in [1.29, 1.82) is 0 Å². The van der Waals surface area contributed by atoms with E-state index in [1.807, 2.05) is 6.07 Å². The number of anilines is 1. The lowest BCUT2D eigenvalue weighted by atomic mass is 10.2. The molecular weight excluding hydrogens is 428 g/mol. The van der Waals surface area contributed by atoms with Gasteiger partial charge in [-0.2, -0.15) is 0 Å². The number of ether oxygens (including phenoxy) is 1. The molecule has 3 heterocycles. The molecule has 6 heteroatoms. The maximum atomic E-state index is 5.52. The minimum absolute atomic E-state index is 0.978. The molecule has 0 N–H and O–H groups in total. The number of hydrogen-bond acceptors (Lipinski definition) is 5. The van der Waals surface area contributed by atoms with Gasteiger partial charge in [0.2, 0.25) is 0 Å². The smallest absolute Gasteiger partial charge is 0.142 e. The summed E-state index contributed by atoms with van der Waals surface area (Å²) >= 11 is 3.58. The van der Waals surface area contributed by atoms with E-state index >= 15 is 0 Å². The van der Waals surface area contributed by atoms with Gasteiger partial charge in [-0.05, 0) is 65.7 Å². The van der Waals surface area contributed by atoms with Crippen molar-refractivity contribution in [2.75, 3.05) is 57.8 Å². The lowest BCUT2D eigenvalue weighted by molar-refractivity contribution is 0.0905. The first kappa shape index (κ1) is 20.5. The molecular formula is C23H31BrN4O. The van der Waals surface area contributed by atoms with Crippen molar-refractivity contribution in [3.8, 4) is 5.75 Å². The van der Waals surface area contributed by atoms with Crippen molar-refractivity contribution < 1.29 is 4.74 Å². The third-order valence-electron chi connectivity index (χ3n) is 5.93. The van der Waals surface area contributed by atoms with Crippen LogP contribution in [0.1, 0.15) is 19.3 Å². The number of allylic oxidation sites excluding steroid dienone is 3. The van der Waals surface area contributed by atoms with Crippen LogP contribution < -0.4 is 9.64 Å². The summed E-state index contributed by atoms with van der Waals surface area (Å²) in [5.41, 5.74) is 2.52. The van der Waals surface area contributed by atoms with Crippen molar-refractivity contribution in [3.05, 3.63) is 58.9 Å². The number of para-hydroxylation sites is 2. The van der Waals surface area contributed by atoms with Crippen LogP contribution >= 0.6 is 15.9 Å². The first-order valence-electron chi connectivity index (χ1n) is 10.6. The lowest BCUT2D eigenvalue weighted by Gasteiger charge is -2.36. The molecule has 0 amide bonds. The summed E-state index contributed by atoms with van der Waals surface area (Å²) in [5, 5.41) is 4.70. The van der Waals surface area contributed by atoms with Crippen LogP contribution in [0.3, 0.4) is 0 Å². The Bertz CT molecular complexity index is 783. The third kappa shape index (κ3) is 5.05. The normalized spacial score (nSPS) is 19.9. The molecule has 1 saturated heterocycles. The summed E-state index contributed by atoms with van der Waals surface area (Å²) in [6.07, 6.45) is 12.6. The van der Waals surface area contributed by atoms with Gasteiger partial charge in [-0.25, -0.2) is 5.01 Å². The van der Waals surface area contributed by atoms with E-state index in [0.717, 1.165) is 49.5 Å². The summed E-state index contributed by atoms with van der Waals surface area (Å²) in [4.78, 5) is 5.06. The number of hydrazine groups is 1. The molecule has 156 valence electrons. The molecule has 5 nitrogen and oxygen atoms in total. The van der Waals surface area contributed by atoms with Gasteiger partial charge in [0.05, 0.1) is 18.5 Å². The van der Waals surface area contributed by atoms with Crippen molar-refractivity contribution in [3.63, 3.8) is 0 Å². The Morgan fingerprint density at radius 1 is 0.966 bits per heavy atom. The second kappa shape index (κ2) is 9.83. The Balaban J connectivity index is 1.13. The van der Waals surface area contributed by atoms with Crippen molar-refractivity contribution in [2.45, 2.75) is 19.3 Å². The zero-order valence-electron chi connectivity index (χ0n) is 17.3. The van der Waals surface area contributed by atoms with E-state index in [2.05, 4.69) is 78.4 Å². The molecule has 0 bridgehead atoms. The van der Waals surface area contributed by atoms with Crippen LogP contribution in [0, 0.1) is 0 Å². The molecule has 3 aliphatic rings. The van der Waals surface area contributed by atoms with E-state index in [0.29, 0.717) is 0 Å². The van der Waals surface area contributed by atoms with Crippen molar-refractivity contribution >= 4 is 21.6 Å². The highest BCUT2D eigenvalue weighted by Crippen LogP contribution is 2.29. The van der Waals surface area contributed by atoms with Gasteiger partial charge in [-0.15, -0.1) is 0 Å². The Morgan fingerprint density at radius 2 is 1.76 bits per heavy atom. The van der Waals surface area contributed by atoms with Crippen LogP contribution in [0.4, 0.5) is 5.69 Å². The van der Waals surface area contributed by atoms with E-state index in [1.165, 1.54) is 37.2 Å². The van der Waals surface area contributed by atoms with Crippen molar-refractivity contribution in [1.82, 2.24) is 14.9 Å². The SMILES string of the molecule is COc1ccccc1N1CCN(CCCCCN2CC=C3C=CC(Br)=CN32)CC1. The van der Waals surface area contributed by atoms with Crippen LogP contribution in [-0.2, 0) is 0 Å². The molecule has 0 aliphatic carbocycles. The number of nitrogens with zero attached hydrogens (tertiary/aromatic N) is 4. The van der Waals surface area contributed by atoms with Gasteiger partial charge in [0.1, 0.15) is 5.75 Å². The van der Waals surface area contributed by atoms with E-state index in [9.17, 15) is 0 Å². The highest BCUT2D eigenvalue weighted by Gasteiger charge is 2.22. The zero-order chi connectivity index (χ0) is 20.1. The molecule has 1 aromatic carbocycles. The van der Waals surface area contributed by atoms with Gasteiger partial charge in [0.15, 0.2) is 0 Å². The number of hydrogen-bond donors (Lipinski definition) is 0. The average molecular weight is 459 g/mol. The topological polar surface area (TPSA) is 22.2 Å². The largest absolute Gasteiger partial charge is 0.495 e. The van der Waals surface area contributed by atoms with Crippen LogP contribution in [0.2, 0.25) is 0 Å². The minimum Gasteiger partial charge on any atom is -0.495 e. The Morgan fingerprint density at radius 3 is 2.59 bits per heavy atom. The lowest BCUT2D eigenvalue weighted by Crippen LogP contribution is -2.46. The Kier molecular flexibility index (Phi) is 6.95. The molecule has 0 spiro atoms. The summed E-state index contributed by atoms with van der Waals surface area (Å²) < 4.78 is 6.66. The molecule has 0 radical (unpaired) electrons. The van der Waals surface area contributed by atoms with Crippen LogP contribution in [0.25, 0.3) is 0 Å². The number of methoxy groups -OCH3 is 1. The van der Waals surface area contributed by atoms with Gasteiger partial charge in [-0.3, -0.25) is 9.91 Å². The van der Waals surface area contributed by atoms with E-state index in [4.69, 9.17) is 4.74 Å². The molecule has 0 saturated carbocycles. The van der Waals surface area contributed by atoms with Gasteiger partial charge in [-0.1, -0.05) is 18.6 Å². The fourth-order valence-corrected chi connectivity index (χ4v) is 4.60. The summed E-state index contributed by atoms with van der Waals surface area (Å²) in [6, 6.07) is 8.35. The van der Waals surface area contributed by atoms with Gasteiger partial charge in [0, 0.05) is 50.0 Å². The van der Waals surface area contributed by atoms with E-state index in [1.54, 1.807) is 7.11 Å². The summed E-state index contributed by atoms with van der Waals surface area (Å²) in [5.74, 6) is 0.978. The Hall–Kier alpha value is -1.76. The molecule has 3 aliphatic heterocycles. The standard InChI is InChI=1S/C23H31BrN4O/c1-29-23-8-4-3-7-22(23)26-17-15-25(16-18-26)12-5-2-6-13-27-14-11-21-10-9-20(24)19-28(21)27/h3-4,7-11,19H,2,5-6,12-18H2,1H3. The predicted octanol–water partition coefficient (Wildman–Crippen LogP) is 4.21. The molecule has 29 heavy (non-hydrogen) atoms. The van der Waals surface area contributed by atoms with Crippen LogP contribution in [0.5, 0.6) is 5.75 Å². The second-order valence-corrected chi connectivity index (χ2v) is 8.71. The van der Waals surface area contributed by atoms with E-state index in [-0.39, 0.29) is 0 Å². The molecule has 1 aromatic rings. The highest BCUT2D eigenvalue weighted by molar-refractivity contribution is 9.11. The maximum Gasteiger partial charge on any atom is 0.142 e. The van der Waals surface area contributed by atoms with Crippen LogP contribution in [-0.4, -0.2) is 67.8 Å². The quantitative estimate of drug-likeness (QED) is 0.542. The average Bonchev–Trinajstić information content (AvgIpc) is 3.16.